The topological polar surface area (TPSA) is 129 Å². The first-order valence-electron chi connectivity index (χ1n) is 18.3. The number of hydrogen-bond acceptors (Lipinski definition) is 6. The van der Waals surface area contributed by atoms with E-state index in [0.717, 1.165) is 69.8 Å². The minimum Gasteiger partial charge on any atom is -0.468 e. The molecule has 5 heterocycles. The molecule has 9 heteroatoms. The number of carbonyl (C=O) groups excluding carboxylic acids is 3. The maximum Gasteiger partial charge on any atom is 0.320 e. The number of hydrogen-bond donors (Lipinski definition) is 4. The number of methoxy groups -OCH3 is 1. The molecule has 0 radical (unpaired) electrons. The summed E-state index contributed by atoms with van der Waals surface area (Å²) in [5, 5.41) is 5.25. The summed E-state index contributed by atoms with van der Waals surface area (Å²) in [4.78, 5) is 51.8. The van der Waals surface area contributed by atoms with Crippen molar-refractivity contribution in [3.05, 3.63) is 90.8 Å². The summed E-state index contributed by atoms with van der Waals surface area (Å²) in [5.74, 6) is -2.37. The molecule has 51 heavy (non-hydrogen) atoms. The van der Waals surface area contributed by atoms with Gasteiger partial charge in [-0.25, -0.2) is 0 Å². The van der Waals surface area contributed by atoms with E-state index in [1.807, 2.05) is 19.1 Å². The standard InChI is InChI=1S/C42H52N4O5/c1-10-13-21(4)16-17-51-35(47)15-14-28-24(7)31-18-29-22(5)26(11-2)33(43-29)19-30-23(6)27(12-3)34(44-30)20-32-25(8)36-40(46-32)37(39(28)45-31)38(41(36)48)42(49)50-9/h11,16,18,20,24,28,38-39,43-46H,2,10,12-15,17,19H2,1,3-9H3/b21-16-,31-18-,32-20-/t24-,28-,38+,39?/m0/s1. The van der Waals surface area contributed by atoms with Gasteiger partial charge in [-0.3, -0.25) is 14.4 Å². The highest BCUT2D eigenvalue weighted by atomic mass is 16.5. The lowest BCUT2D eigenvalue weighted by atomic mass is 9.80. The number of Topliss-reactive ketones (excluding diaryl/α,β-unsaturated/α-hetero) is 1. The van der Waals surface area contributed by atoms with Gasteiger partial charge in [0.2, 0.25) is 0 Å². The van der Waals surface area contributed by atoms with E-state index in [-0.39, 0.29) is 36.6 Å². The van der Waals surface area contributed by atoms with Crippen molar-refractivity contribution in [2.75, 3.05) is 13.7 Å². The summed E-state index contributed by atoms with van der Waals surface area (Å²) in [7, 11) is 1.32. The molecule has 1 saturated heterocycles. The summed E-state index contributed by atoms with van der Waals surface area (Å²) < 4.78 is 10.9. The molecule has 2 aliphatic heterocycles. The minimum absolute atomic E-state index is 0.0320. The second-order valence-corrected chi connectivity index (χ2v) is 14.4. The Morgan fingerprint density at radius 1 is 1.00 bits per heavy atom. The van der Waals surface area contributed by atoms with E-state index in [4.69, 9.17) is 9.47 Å². The molecular weight excluding hydrogens is 640 g/mol. The SMILES string of the molecule is C=Cc1c2[nH]c(c1C)/C=C1\NC(C3=c4[nH]/c(c(C)c4C(=O)[C@@H]3C(=O)OC)=C\c3[nH]c(c(C)c3CC)C2)[C@@H](CCC(=O)OC/C=C(/C)CCC)[C@@H]1C. The van der Waals surface area contributed by atoms with Gasteiger partial charge in [0.25, 0.3) is 0 Å². The molecular formula is C42H52N4O5. The fourth-order valence-electron chi connectivity index (χ4n) is 8.57. The van der Waals surface area contributed by atoms with Crippen LogP contribution in [0.15, 0.2) is 23.9 Å². The number of nitrogens with one attached hydrogen (secondary N) is 4. The van der Waals surface area contributed by atoms with Gasteiger partial charge in [-0.05, 0) is 104 Å². The van der Waals surface area contributed by atoms with Gasteiger partial charge in [0, 0.05) is 58.1 Å². The largest absolute Gasteiger partial charge is 0.468 e. The Labute approximate surface area is 300 Å². The highest BCUT2D eigenvalue weighted by molar-refractivity contribution is 6.19. The third kappa shape index (κ3) is 6.36. The lowest BCUT2D eigenvalue weighted by Crippen LogP contribution is -2.38. The van der Waals surface area contributed by atoms with E-state index in [1.165, 1.54) is 23.8 Å². The average molecular weight is 693 g/mol. The predicted molar refractivity (Wildman–Crippen MR) is 201 cm³/mol. The van der Waals surface area contributed by atoms with Crippen LogP contribution < -0.4 is 16.0 Å². The van der Waals surface area contributed by atoms with Gasteiger partial charge in [-0.2, -0.15) is 0 Å². The molecule has 270 valence electrons. The Morgan fingerprint density at radius 3 is 2.43 bits per heavy atom. The Hall–Kier alpha value is -4.79. The number of ketones is 1. The van der Waals surface area contributed by atoms with Crippen molar-refractivity contribution in [2.24, 2.45) is 17.8 Å². The van der Waals surface area contributed by atoms with Gasteiger partial charge >= 0.3 is 11.9 Å². The summed E-state index contributed by atoms with van der Waals surface area (Å²) in [5.41, 5.74) is 12.9. The number of ether oxygens (including phenoxy) is 2. The number of allylic oxidation sites excluding steroid dienone is 2. The molecule has 3 aromatic heterocycles. The summed E-state index contributed by atoms with van der Waals surface area (Å²) in [6.07, 6.45) is 12.4. The Bertz CT molecular complexity index is 2100. The molecule has 0 aromatic carbocycles. The van der Waals surface area contributed by atoms with Crippen LogP contribution in [0, 0.1) is 38.5 Å². The van der Waals surface area contributed by atoms with Crippen LogP contribution in [0.2, 0.25) is 0 Å². The Morgan fingerprint density at radius 2 is 1.75 bits per heavy atom. The fraction of sp³-hybridized carbons (Fsp3) is 0.452. The van der Waals surface area contributed by atoms with Crippen LogP contribution in [-0.2, 0) is 31.9 Å². The van der Waals surface area contributed by atoms with Gasteiger partial charge in [0.1, 0.15) is 12.5 Å². The van der Waals surface area contributed by atoms with Crippen molar-refractivity contribution in [3.63, 3.8) is 0 Å². The van der Waals surface area contributed by atoms with E-state index < -0.39 is 17.9 Å². The van der Waals surface area contributed by atoms with Crippen molar-refractivity contribution in [3.8, 4) is 0 Å². The normalized spacial score (nSPS) is 22.6. The Balaban J connectivity index is 1.53. The summed E-state index contributed by atoms with van der Waals surface area (Å²) >= 11 is 0. The molecule has 6 rings (SSSR count). The van der Waals surface area contributed by atoms with Crippen LogP contribution in [0.5, 0.6) is 0 Å². The number of esters is 2. The van der Waals surface area contributed by atoms with E-state index in [0.29, 0.717) is 29.3 Å². The zero-order chi connectivity index (χ0) is 36.7. The lowest BCUT2D eigenvalue weighted by Gasteiger charge is -2.25. The van der Waals surface area contributed by atoms with Crippen LogP contribution in [0.1, 0.15) is 114 Å². The van der Waals surface area contributed by atoms with Crippen LogP contribution >= 0.6 is 0 Å². The molecule has 0 spiro atoms. The molecule has 9 nitrogen and oxygen atoms in total. The number of aromatic nitrogens is 3. The number of rotatable bonds is 10. The van der Waals surface area contributed by atoms with Gasteiger partial charge in [0.05, 0.1) is 18.5 Å². The number of aromatic amines is 3. The molecule has 8 bridgehead atoms. The molecule has 4 atom stereocenters. The van der Waals surface area contributed by atoms with Crippen molar-refractivity contribution >= 4 is 41.5 Å². The van der Waals surface area contributed by atoms with Crippen molar-refractivity contribution in [1.29, 1.82) is 0 Å². The second kappa shape index (κ2) is 14.4. The van der Waals surface area contributed by atoms with Gasteiger partial charge in [-0.15, -0.1) is 0 Å². The van der Waals surface area contributed by atoms with E-state index in [1.54, 1.807) is 0 Å². The zero-order valence-corrected chi connectivity index (χ0v) is 31.3. The third-order valence-corrected chi connectivity index (χ3v) is 11.5. The fourth-order valence-corrected chi connectivity index (χ4v) is 8.57. The van der Waals surface area contributed by atoms with Gasteiger partial charge in [0.15, 0.2) is 5.78 Å². The van der Waals surface area contributed by atoms with Crippen LogP contribution in [0.25, 0.3) is 23.8 Å². The van der Waals surface area contributed by atoms with Crippen molar-refractivity contribution in [2.45, 2.75) is 93.0 Å². The quantitative estimate of drug-likeness (QED) is 0.117. The predicted octanol–water partition coefficient (Wildman–Crippen LogP) is 6.01. The number of H-pyrrole nitrogens is 3. The first-order chi connectivity index (χ1) is 24.4. The van der Waals surface area contributed by atoms with Gasteiger partial charge in [-0.1, -0.05) is 45.4 Å². The molecule has 3 aromatic rings. The second-order valence-electron chi connectivity index (χ2n) is 14.4. The van der Waals surface area contributed by atoms with Crippen molar-refractivity contribution < 1.29 is 23.9 Å². The highest BCUT2D eigenvalue weighted by Gasteiger charge is 2.49. The first kappa shape index (κ1) is 36.0. The summed E-state index contributed by atoms with van der Waals surface area (Å²) in [6.45, 7) is 19.1. The average Bonchev–Trinajstić information content (AvgIpc) is 3.84. The Kier molecular flexibility index (Phi) is 10.2. The molecule has 1 fully saturated rings. The minimum atomic E-state index is -1.09. The van der Waals surface area contributed by atoms with Crippen molar-refractivity contribution in [1.82, 2.24) is 20.3 Å². The van der Waals surface area contributed by atoms with Crippen LogP contribution in [-0.4, -0.2) is 52.4 Å². The maximum atomic E-state index is 14.3. The molecule has 1 unspecified atom stereocenters. The molecule has 3 aliphatic rings. The number of fused-ring (bicyclic) bond motifs is 8. The molecule has 1 aliphatic carbocycles. The molecule has 0 saturated carbocycles. The molecule has 0 amide bonds. The van der Waals surface area contributed by atoms with E-state index >= 15 is 0 Å². The lowest BCUT2D eigenvalue weighted by molar-refractivity contribution is -0.143. The maximum absolute atomic E-state index is 14.3. The first-order valence-corrected chi connectivity index (χ1v) is 18.3. The van der Waals surface area contributed by atoms with E-state index in [2.05, 4.69) is 80.5 Å². The van der Waals surface area contributed by atoms with Crippen LogP contribution in [0.3, 0.4) is 0 Å². The van der Waals surface area contributed by atoms with Crippen LogP contribution in [0.4, 0.5) is 0 Å². The van der Waals surface area contributed by atoms with E-state index in [9.17, 15) is 14.4 Å². The summed E-state index contributed by atoms with van der Waals surface area (Å²) in [6, 6.07) is -0.419. The monoisotopic (exact) mass is 692 g/mol. The van der Waals surface area contributed by atoms with Gasteiger partial charge < -0.3 is 29.7 Å². The smallest absolute Gasteiger partial charge is 0.320 e. The highest BCUT2D eigenvalue weighted by Crippen LogP contribution is 2.42. The molecule has 4 N–H and O–H groups in total. The zero-order valence-electron chi connectivity index (χ0n) is 31.3. The third-order valence-electron chi connectivity index (χ3n) is 11.5. The number of carbonyl (C=O) groups is 3.